The van der Waals surface area contributed by atoms with Crippen LogP contribution in [0.1, 0.15) is 64.7 Å². The number of hydrogen-bond acceptors (Lipinski definition) is 3. The molecule has 1 saturated carbocycles. The Morgan fingerprint density at radius 2 is 1.81 bits per heavy atom. The van der Waals surface area contributed by atoms with Crippen LogP contribution in [0.2, 0.25) is 0 Å². The summed E-state index contributed by atoms with van der Waals surface area (Å²) in [5.74, 6) is 1.64. The molecule has 0 spiro atoms. The lowest BCUT2D eigenvalue weighted by atomic mass is 9.93. The lowest BCUT2D eigenvalue weighted by molar-refractivity contribution is -0.121. The zero-order valence-corrected chi connectivity index (χ0v) is 16.8. The normalized spacial score (nSPS) is 20.7. The van der Waals surface area contributed by atoms with Crippen LogP contribution in [0.15, 0.2) is 4.99 Å². The second-order valence-corrected chi connectivity index (χ2v) is 7.53. The smallest absolute Gasteiger partial charge is 0.220 e. The minimum absolute atomic E-state index is 0.152. The highest BCUT2D eigenvalue weighted by molar-refractivity contribution is 5.80. The molecule has 26 heavy (non-hydrogen) atoms. The molecule has 1 amide bonds. The van der Waals surface area contributed by atoms with Crippen LogP contribution in [0.4, 0.5) is 0 Å². The Morgan fingerprint density at radius 3 is 2.42 bits per heavy atom. The number of nitrogens with zero attached hydrogens (tertiary/aromatic N) is 2. The maximum atomic E-state index is 11.5. The molecule has 2 aliphatic rings. The SMILES string of the molecule is CCNC(=NCCOC1CCCCCC1)N1CCC(CC(=O)NC)CC1. The van der Waals surface area contributed by atoms with Crippen molar-refractivity contribution in [2.75, 3.05) is 39.8 Å². The average molecular weight is 367 g/mol. The summed E-state index contributed by atoms with van der Waals surface area (Å²) < 4.78 is 6.05. The first-order chi connectivity index (χ1) is 12.7. The van der Waals surface area contributed by atoms with Crippen molar-refractivity contribution in [3.05, 3.63) is 0 Å². The van der Waals surface area contributed by atoms with E-state index in [4.69, 9.17) is 9.73 Å². The van der Waals surface area contributed by atoms with Crippen LogP contribution in [0.5, 0.6) is 0 Å². The molecule has 0 radical (unpaired) electrons. The number of rotatable bonds is 7. The largest absolute Gasteiger partial charge is 0.376 e. The number of likely N-dealkylation sites (tertiary alicyclic amines) is 1. The molecule has 1 aliphatic heterocycles. The molecule has 1 aliphatic carbocycles. The molecule has 150 valence electrons. The van der Waals surface area contributed by atoms with Gasteiger partial charge in [0.05, 0.1) is 19.3 Å². The van der Waals surface area contributed by atoms with E-state index >= 15 is 0 Å². The number of carbonyl (C=O) groups excluding carboxylic acids is 1. The summed E-state index contributed by atoms with van der Waals surface area (Å²) in [6, 6.07) is 0. The van der Waals surface area contributed by atoms with Gasteiger partial charge >= 0.3 is 0 Å². The van der Waals surface area contributed by atoms with Crippen molar-refractivity contribution in [2.24, 2.45) is 10.9 Å². The van der Waals surface area contributed by atoms with Crippen molar-refractivity contribution < 1.29 is 9.53 Å². The Labute approximate surface area is 159 Å². The molecule has 0 aromatic rings. The van der Waals surface area contributed by atoms with Gasteiger partial charge < -0.3 is 20.3 Å². The Hall–Kier alpha value is -1.30. The summed E-state index contributed by atoms with van der Waals surface area (Å²) in [5.41, 5.74) is 0. The monoisotopic (exact) mass is 366 g/mol. The van der Waals surface area contributed by atoms with Gasteiger partial charge in [-0.05, 0) is 38.5 Å². The second kappa shape index (κ2) is 12.2. The molecule has 0 bridgehead atoms. The summed E-state index contributed by atoms with van der Waals surface area (Å²) in [6.07, 6.45) is 10.9. The molecule has 2 fully saturated rings. The second-order valence-electron chi connectivity index (χ2n) is 7.53. The zero-order valence-electron chi connectivity index (χ0n) is 16.8. The van der Waals surface area contributed by atoms with E-state index in [1.807, 2.05) is 0 Å². The van der Waals surface area contributed by atoms with Crippen LogP contribution >= 0.6 is 0 Å². The van der Waals surface area contributed by atoms with E-state index in [2.05, 4.69) is 22.5 Å². The van der Waals surface area contributed by atoms with E-state index in [1.54, 1.807) is 7.05 Å². The summed E-state index contributed by atoms with van der Waals surface area (Å²) in [5, 5.41) is 6.14. The highest BCUT2D eigenvalue weighted by Gasteiger charge is 2.23. The van der Waals surface area contributed by atoms with Crippen molar-refractivity contribution in [2.45, 2.75) is 70.8 Å². The van der Waals surface area contributed by atoms with Crippen LogP contribution in [-0.4, -0.2) is 62.7 Å². The number of ether oxygens (including phenoxy) is 1. The van der Waals surface area contributed by atoms with E-state index in [9.17, 15) is 4.79 Å². The molecule has 0 unspecified atom stereocenters. The molecule has 1 saturated heterocycles. The first-order valence-corrected chi connectivity index (χ1v) is 10.6. The summed E-state index contributed by atoms with van der Waals surface area (Å²) in [4.78, 5) is 18.7. The van der Waals surface area contributed by atoms with Gasteiger partial charge in [-0.3, -0.25) is 9.79 Å². The molecular formula is C20H38N4O2. The summed E-state index contributed by atoms with van der Waals surface area (Å²) in [6.45, 7) is 6.36. The molecule has 2 rings (SSSR count). The van der Waals surface area contributed by atoms with E-state index in [-0.39, 0.29) is 5.91 Å². The van der Waals surface area contributed by atoms with Crippen LogP contribution in [0.25, 0.3) is 0 Å². The molecule has 0 atom stereocenters. The van der Waals surface area contributed by atoms with Gasteiger partial charge in [0.1, 0.15) is 0 Å². The van der Waals surface area contributed by atoms with Crippen molar-refractivity contribution in [3.8, 4) is 0 Å². The van der Waals surface area contributed by atoms with Crippen molar-refractivity contribution in [3.63, 3.8) is 0 Å². The number of piperidine rings is 1. The van der Waals surface area contributed by atoms with Gasteiger partial charge in [-0.15, -0.1) is 0 Å². The number of amides is 1. The maximum Gasteiger partial charge on any atom is 0.220 e. The fourth-order valence-corrected chi connectivity index (χ4v) is 3.92. The number of hydrogen-bond donors (Lipinski definition) is 2. The maximum absolute atomic E-state index is 11.5. The number of carbonyl (C=O) groups is 1. The topological polar surface area (TPSA) is 66.0 Å². The summed E-state index contributed by atoms with van der Waals surface area (Å²) >= 11 is 0. The minimum atomic E-state index is 0.152. The number of guanidine groups is 1. The third kappa shape index (κ3) is 7.52. The lowest BCUT2D eigenvalue weighted by Crippen LogP contribution is -2.46. The van der Waals surface area contributed by atoms with Gasteiger partial charge in [-0.2, -0.15) is 0 Å². The highest BCUT2D eigenvalue weighted by Crippen LogP contribution is 2.21. The van der Waals surface area contributed by atoms with Gasteiger partial charge in [0.2, 0.25) is 5.91 Å². The van der Waals surface area contributed by atoms with Crippen molar-refractivity contribution in [1.29, 1.82) is 0 Å². The van der Waals surface area contributed by atoms with Gasteiger partial charge in [0.25, 0.3) is 0 Å². The first-order valence-electron chi connectivity index (χ1n) is 10.6. The molecule has 6 heteroatoms. The fraction of sp³-hybridized carbons (Fsp3) is 0.900. The summed E-state index contributed by atoms with van der Waals surface area (Å²) in [7, 11) is 1.71. The molecule has 1 heterocycles. The van der Waals surface area contributed by atoms with Crippen LogP contribution in [-0.2, 0) is 9.53 Å². The highest BCUT2D eigenvalue weighted by atomic mass is 16.5. The zero-order chi connectivity index (χ0) is 18.6. The Morgan fingerprint density at radius 1 is 1.12 bits per heavy atom. The Balaban J connectivity index is 1.73. The molecule has 6 nitrogen and oxygen atoms in total. The van der Waals surface area contributed by atoms with E-state index in [0.29, 0.717) is 25.0 Å². The fourth-order valence-electron chi connectivity index (χ4n) is 3.92. The lowest BCUT2D eigenvalue weighted by Gasteiger charge is -2.34. The van der Waals surface area contributed by atoms with Crippen LogP contribution in [0, 0.1) is 5.92 Å². The Bertz CT molecular complexity index is 426. The van der Waals surface area contributed by atoms with Crippen molar-refractivity contribution >= 4 is 11.9 Å². The van der Waals surface area contributed by atoms with Gasteiger partial charge in [-0.1, -0.05) is 25.7 Å². The Kier molecular flexibility index (Phi) is 9.82. The molecule has 0 aromatic heterocycles. The van der Waals surface area contributed by atoms with Crippen LogP contribution < -0.4 is 10.6 Å². The quantitative estimate of drug-likeness (QED) is 0.314. The van der Waals surface area contributed by atoms with E-state index in [0.717, 1.165) is 45.0 Å². The predicted octanol–water partition coefficient (Wildman–Crippen LogP) is 2.54. The first kappa shape index (κ1) is 21.0. The van der Waals surface area contributed by atoms with E-state index < -0.39 is 0 Å². The van der Waals surface area contributed by atoms with Gasteiger partial charge in [0.15, 0.2) is 5.96 Å². The molecule has 2 N–H and O–H groups in total. The van der Waals surface area contributed by atoms with Crippen LogP contribution in [0.3, 0.4) is 0 Å². The standard InChI is InChI=1S/C20H38N4O2/c1-3-22-20(23-12-15-26-18-8-6-4-5-7-9-18)24-13-10-17(11-14-24)16-19(25)21-2/h17-18H,3-16H2,1-2H3,(H,21,25)(H,22,23). The minimum Gasteiger partial charge on any atom is -0.376 e. The number of aliphatic imine (C=N–C) groups is 1. The third-order valence-electron chi connectivity index (χ3n) is 5.51. The average Bonchev–Trinajstić information content (AvgIpc) is 2.93. The third-order valence-corrected chi connectivity index (χ3v) is 5.51. The van der Waals surface area contributed by atoms with Gasteiger partial charge in [0, 0.05) is 33.1 Å². The van der Waals surface area contributed by atoms with Gasteiger partial charge in [-0.25, -0.2) is 0 Å². The molecular weight excluding hydrogens is 328 g/mol. The number of nitrogens with one attached hydrogen (secondary N) is 2. The van der Waals surface area contributed by atoms with E-state index in [1.165, 1.54) is 38.5 Å². The van der Waals surface area contributed by atoms with Crippen molar-refractivity contribution in [1.82, 2.24) is 15.5 Å². The molecule has 0 aromatic carbocycles. The predicted molar refractivity (Wildman–Crippen MR) is 106 cm³/mol.